The monoisotopic (exact) mass is 278 g/mol. The van der Waals surface area contributed by atoms with Gasteiger partial charge < -0.3 is 15.1 Å². The van der Waals surface area contributed by atoms with Crippen molar-refractivity contribution in [3.63, 3.8) is 0 Å². The second kappa shape index (κ2) is 4.87. The topological polar surface area (TPSA) is 59.5 Å². The number of likely N-dealkylation sites (tertiary alicyclic amines) is 1. The number of hydrogen-bond donors (Lipinski definition) is 1. The van der Waals surface area contributed by atoms with E-state index in [1.54, 1.807) is 29.2 Å². The first-order valence-corrected chi connectivity index (χ1v) is 6.73. The lowest BCUT2D eigenvalue weighted by atomic mass is 10.1. The van der Waals surface area contributed by atoms with Crippen LogP contribution >= 0.6 is 11.6 Å². The molecular weight excluding hydrogens is 264 g/mol. The molecule has 1 aliphatic rings. The van der Waals surface area contributed by atoms with Crippen molar-refractivity contribution in [3.05, 3.63) is 35.0 Å². The van der Waals surface area contributed by atoms with Gasteiger partial charge in [-0.2, -0.15) is 0 Å². The fourth-order valence-electron chi connectivity index (χ4n) is 2.48. The zero-order valence-corrected chi connectivity index (χ0v) is 11.2. The average Bonchev–Trinajstić information content (AvgIpc) is 3.03. The number of rotatable bonds is 2. The lowest BCUT2D eigenvalue weighted by Gasteiger charge is -2.14. The van der Waals surface area contributed by atoms with Gasteiger partial charge in [0.05, 0.1) is 0 Å². The van der Waals surface area contributed by atoms with Crippen molar-refractivity contribution in [1.82, 2.24) is 4.90 Å². The van der Waals surface area contributed by atoms with Crippen LogP contribution in [0.1, 0.15) is 17.0 Å². The van der Waals surface area contributed by atoms with Crippen LogP contribution in [0.4, 0.5) is 0 Å². The molecule has 1 atom stereocenters. The molecule has 2 N–H and O–H groups in total. The van der Waals surface area contributed by atoms with E-state index < -0.39 is 0 Å². The number of benzene rings is 1. The Morgan fingerprint density at radius 1 is 1.47 bits per heavy atom. The van der Waals surface area contributed by atoms with Gasteiger partial charge in [0.1, 0.15) is 5.58 Å². The van der Waals surface area contributed by atoms with Crippen LogP contribution in [-0.2, 0) is 0 Å². The first-order chi connectivity index (χ1) is 9.17. The van der Waals surface area contributed by atoms with E-state index >= 15 is 0 Å². The molecule has 0 radical (unpaired) electrons. The van der Waals surface area contributed by atoms with Gasteiger partial charge in [0, 0.05) is 23.5 Å². The molecule has 1 aromatic heterocycles. The lowest BCUT2D eigenvalue weighted by Crippen LogP contribution is -2.29. The van der Waals surface area contributed by atoms with Crippen molar-refractivity contribution < 1.29 is 9.21 Å². The third-order valence-corrected chi connectivity index (χ3v) is 3.83. The Bertz CT molecular complexity index is 623. The zero-order chi connectivity index (χ0) is 13.4. The standard InChI is InChI=1S/C14H15ClN2O2/c15-11-1-2-12-10(5-11)6-13(19-12)14(18)17-4-3-9(7-16)8-17/h1-2,5-6,9H,3-4,7-8,16H2. The molecule has 1 saturated heterocycles. The predicted molar refractivity (Wildman–Crippen MR) is 74.3 cm³/mol. The largest absolute Gasteiger partial charge is 0.451 e. The first kappa shape index (κ1) is 12.5. The Balaban J connectivity index is 1.86. The molecule has 19 heavy (non-hydrogen) atoms. The van der Waals surface area contributed by atoms with Crippen LogP contribution in [0.15, 0.2) is 28.7 Å². The summed E-state index contributed by atoms with van der Waals surface area (Å²) in [6, 6.07) is 7.08. The summed E-state index contributed by atoms with van der Waals surface area (Å²) in [6.45, 7) is 2.09. The van der Waals surface area contributed by atoms with Crippen LogP contribution in [0.3, 0.4) is 0 Å². The normalized spacial score (nSPS) is 19.3. The summed E-state index contributed by atoms with van der Waals surface area (Å²) < 4.78 is 5.59. The summed E-state index contributed by atoms with van der Waals surface area (Å²) in [7, 11) is 0. The molecule has 0 aliphatic carbocycles. The maximum Gasteiger partial charge on any atom is 0.289 e. The second-order valence-corrected chi connectivity index (χ2v) is 5.37. The summed E-state index contributed by atoms with van der Waals surface area (Å²) >= 11 is 5.92. The number of carbonyl (C=O) groups is 1. The summed E-state index contributed by atoms with van der Waals surface area (Å²) in [5.74, 6) is 0.709. The van der Waals surface area contributed by atoms with Crippen LogP contribution in [0.25, 0.3) is 11.0 Å². The van der Waals surface area contributed by atoms with Crippen LogP contribution < -0.4 is 5.73 Å². The van der Waals surface area contributed by atoms with Gasteiger partial charge in [0.2, 0.25) is 0 Å². The summed E-state index contributed by atoms with van der Waals surface area (Å²) in [5, 5.41) is 1.49. The highest BCUT2D eigenvalue weighted by molar-refractivity contribution is 6.31. The quantitative estimate of drug-likeness (QED) is 0.918. The number of halogens is 1. The second-order valence-electron chi connectivity index (χ2n) is 4.93. The lowest BCUT2D eigenvalue weighted by molar-refractivity contribution is 0.0758. The van der Waals surface area contributed by atoms with E-state index in [9.17, 15) is 4.79 Å². The smallest absolute Gasteiger partial charge is 0.289 e. The molecule has 0 spiro atoms. The third-order valence-electron chi connectivity index (χ3n) is 3.60. The van der Waals surface area contributed by atoms with E-state index in [2.05, 4.69) is 0 Å². The van der Waals surface area contributed by atoms with E-state index in [4.69, 9.17) is 21.8 Å². The maximum absolute atomic E-state index is 12.3. The van der Waals surface area contributed by atoms with E-state index in [1.807, 2.05) is 0 Å². The van der Waals surface area contributed by atoms with Crippen molar-refractivity contribution >= 4 is 28.5 Å². The molecular formula is C14H15ClN2O2. The SMILES string of the molecule is NCC1CCN(C(=O)c2cc3cc(Cl)ccc3o2)C1. The van der Waals surface area contributed by atoms with Gasteiger partial charge in [-0.15, -0.1) is 0 Å². The zero-order valence-electron chi connectivity index (χ0n) is 10.4. The molecule has 1 aromatic carbocycles. The highest BCUT2D eigenvalue weighted by Crippen LogP contribution is 2.25. The van der Waals surface area contributed by atoms with Gasteiger partial charge in [0.15, 0.2) is 5.76 Å². The number of hydrogen-bond acceptors (Lipinski definition) is 3. The fraction of sp³-hybridized carbons (Fsp3) is 0.357. The van der Waals surface area contributed by atoms with Crippen molar-refractivity contribution in [2.24, 2.45) is 11.7 Å². The van der Waals surface area contributed by atoms with Gasteiger partial charge in [0.25, 0.3) is 5.91 Å². The fourth-order valence-corrected chi connectivity index (χ4v) is 2.67. The number of fused-ring (bicyclic) bond motifs is 1. The van der Waals surface area contributed by atoms with Crippen LogP contribution in [0, 0.1) is 5.92 Å². The van der Waals surface area contributed by atoms with Crippen LogP contribution in [0.2, 0.25) is 5.02 Å². The number of amides is 1. The van der Waals surface area contributed by atoms with Crippen molar-refractivity contribution in [2.75, 3.05) is 19.6 Å². The van der Waals surface area contributed by atoms with Crippen LogP contribution in [0.5, 0.6) is 0 Å². The number of carbonyl (C=O) groups excluding carboxylic acids is 1. The number of nitrogens with zero attached hydrogens (tertiary/aromatic N) is 1. The Labute approximate surface area is 116 Å². The molecule has 5 heteroatoms. The molecule has 1 aliphatic heterocycles. The minimum Gasteiger partial charge on any atom is -0.451 e. The summed E-state index contributed by atoms with van der Waals surface area (Å²) in [5.41, 5.74) is 6.32. The van der Waals surface area contributed by atoms with Crippen molar-refractivity contribution in [2.45, 2.75) is 6.42 Å². The highest BCUT2D eigenvalue weighted by atomic mass is 35.5. The van der Waals surface area contributed by atoms with Crippen molar-refractivity contribution in [1.29, 1.82) is 0 Å². The molecule has 0 saturated carbocycles. The van der Waals surface area contributed by atoms with Crippen molar-refractivity contribution in [3.8, 4) is 0 Å². The summed E-state index contributed by atoms with van der Waals surface area (Å²) in [6.07, 6.45) is 0.967. The molecule has 1 fully saturated rings. The Morgan fingerprint density at radius 3 is 3.05 bits per heavy atom. The van der Waals surface area contributed by atoms with Gasteiger partial charge in [-0.25, -0.2) is 0 Å². The molecule has 1 amide bonds. The maximum atomic E-state index is 12.3. The highest BCUT2D eigenvalue weighted by Gasteiger charge is 2.27. The minimum absolute atomic E-state index is 0.0664. The number of nitrogens with two attached hydrogens (primary N) is 1. The molecule has 100 valence electrons. The van der Waals surface area contributed by atoms with E-state index in [0.29, 0.717) is 35.4 Å². The molecule has 0 bridgehead atoms. The predicted octanol–water partition coefficient (Wildman–Crippen LogP) is 2.51. The van der Waals surface area contributed by atoms with Gasteiger partial charge in [-0.3, -0.25) is 4.79 Å². The van der Waals surface area contributed by atoms with E-state index in [1.165, 1.54) is 0 Å². The summed E-state index contributed by atoms with van der Waals surface area (Å²) in [4.78, 5) is 14.1. The minimum atomic E-state index is -0.0664. The van der Waals surface area contributed by atoms with E-state index in [-0.39, 0.29) is 5.91 Å². The number of furan rings is 1. The van der Waals surface area contributed by atoms with Gasteiger partial charge >= 0.3 is 0 Å². The Kier molecular flexibility index (Phi) is 3.21. The molecule has 2 aromatic rings. The average molecular weight is 279 g/mol. The molecule has 2 heterocycles. The van der Waals surface area contributed by atoms with E-state index in [0.717, 1.165) is 18.4 Å². The Hall–Kier alpha value is -1.52. The third kappa shape index (κ3) is 2.33. The molecule has 1 unspecified atom stereocenters. The molecule has 3 rings (SSSR count). The van der Waals surface area contributed by atoms with Crippen LogP contribution in [-0.4, -0.2) is 30.4 Å². The van der Waals surface area contributed by atoms with Gasteiger partial charge in [-0.05, 0) is 43.1 Å². The first-order valence-electron chi connectivity index (χ1n) is 6.36. The Morgan fingerprint density at radius 2 is 2.32 bits per heavy atom. The van der Waals surface area contributed by atoms with Gasteiger partial charge in [-0.1, -0.05) is 11.6 Å². The molecule has 4 nitrogen and oxygen atoms in total.